The minimum atomic E-state index is 0.857. The average molecular weight is 427 g/mol. The second kappa shape index (κ2) is 8.21. The van der Waals surface area contributed by atoms with E-state index in [-0.39, 0.29) is 0 Å². The third-order valence-corrected chi connectivity index (χ3v) is 5.83. The van der Waals surface area contributed by atoms with E-state index >= 15 is 0 Å². The number of benzene rings is 5. The Kier molecular flexibility index (Phi) is 4.78. The smallest absolute Gasteiger partial charge is 0.151 e. The Balaban J connectivity index is 1.44. The molecule has 0 amide bonds. The van der Waals surface area contributed by atoms with Crippen LogP contribution >= 0.6 is 0 Å². The fourth-order valence-electron chi connectivity index (χ4n) is 4.33. The van der Waals surface area contributed by atoms with Crippen molar-refractivity contribution in [2.75, 3.05) is 9.80 Å². The van der Waals surface area contributed by atoms with Crippen molar-refractivity contribution >= 4 is 34.1 Å². The lowest BCUT2D eigenvalue weighted by Crippen LogP contribution is -2.16. The summed E-state index contributed by atoms with van der Waals surface area (Å²) in [6.07, 6.45) is 0. The van der Waals surface area contributed by atoms with E-state index in [9.17, 15) is 0 Å². The van der Waals surface area contributed by atoms with E-state index in [1.54, 1.807) is 0 Å². The number of nitrogens with zero attached hydrogens (tertiary/aromatic N) is 2. The van der Waals surface area contributed by atoms with Gasteiger partial charge in [-0.2, -0.15) is 0 Å². The highest BCUT2D eigenvalue weighted by Crippen LogP contribution is 2.50. The Hall–Kier alpha value is -4.50. The van der Waals surface area contributed by atoms with Crippen LogP contribution in [0.2, 0.25) is 0 Å². The van der Waals surface area contributed by atoms with Gasteiger partial charge in [0.15, 0.2) is 11.5 Å². The van der Waals surface area contributed by atoms with Crippen molar-refractivity contribution in [1.29, 1.82) is 0 Å². The summed E-state index contributed by atoms with van der Waals surface area (Å²) in [7, 11) is 0. The molecule has 0 atom stereocenters. The normalized spacial score (nSPS) is 11.8. The Morgan fingerprint density at radius 2 is 0.848 bits per heavy atom. The highest BCUT2D eigenvalue weighted by Gasteiger charge is 2.25. The number of para-hydroxylation sites is 6. The maximum atomic E-state index is 6.16. The molecule has 0 saturated heterocycles. The lowest BCUT2D eigenvalue weighted by molar-refractivity contribution is 0.477. The molecule has 0 unspecified atom stereocenters. The van der Waals surface area contributed by atoms with E-state index in [0.29, 0.717) is 0 Å². The Morgan fingerprint density at radius 1 is 0.424 bits per heavy atom. The van der Waals surface area contributed by atoms with E-state index in [0.717, 1.165) is 45.6 Å². The molecular formula is C30H22N2O. The van der Waals surface area contributed by atoms with Crippen LogP contribution in [0.4, 0.5) is 34.1 Å². The number of hydrogen-bond donors (Lipinski definition) is 0. The van der Waals surface area contributed by atoms with Gasteiger partial charge in [-0.05, 0) is 72.8 Å². The molecule has 0 aliphatic carbocycles. The molecule has 3 heteroatoms. The fraction of sp³-hybridized carbons (Fsp3) is 0. The van der Waals surface area contributed by atoms with Crippen molar-refractivity contribution in [3.63, 3.8) is 0 Å². The van der Waals surface area contributed by atoms with E-state index in [1.807, 2.05) is 48.5 Å². The molecule has 33 heavy (non-hydrogen) atoms. The molecule has 0 spiro atoms. The zero-order valence-corrected chi connectivity index (χ0v) is 18.0. The molecule has 6 rings (SSSR count). The van der Waals surface area contributed by atoms with Gasteiger partial charge in [0.25, 0.3) is 0 Å². The van der Waals surface area contributed by atoms with Crippen LogP contribution in [-0.2, 0) is 0 Å². The third kappa shape index (κ3) is 3.50. The molecule has 3 nitrogen and oxygen atoms in total. The van der Waals surface area contributed by atoms with Crippen molar-refractivity contribution < 1.29 is 4.74 Å². The van der Waals surface area contributed by atoms with Gasteiger partial charge in [0.1, 0.15) is 0 Å². The van der Waals surface area contributed by atoms with Gasteiger partial charge in [0.05, 0.1) is 11.4 Å². The highest BCUT2D eigenvalue weighted by atomic mass is 16.5. The largest absolute Gasteiger partial charge is 0.453 e. The summed E-state index contributed by atoms with van der Waals surface area (Å²) in [4.78, 5) is 4.53. The van der Waals surface area contributed by atoms with Crippen LogP contribution in [0.5, 0.6) is 11.5 Å². The first-order valence-electron chi connectivity index (χ1n) is 11.0. The molecule has 0 aromatic heterocycles. The minimum absolute atomic E-state index is 0.857. The first-order valence-corrected chi connectivity index (χ1v) is 11.0. The summed E-state index contributed by atoms with van der Waals surface area (Å²) in [5.74, 6) is 1.71. The molecule has 158 valence electrons. The van der Waals surface area contributed by atoms with Crippen LogP contribution in [-0.4, -0.2) is 0 Å². The summed E-state index contributed by atoms with van der Waals surface area (Å²) in [5.41, 5.74) is 6.50. The minimum Gasteiger partial charge on any atom is -0.453 e. The van der Waals surface area contributed by atoms with Gasteiger partial charge in [0, 0.05) is 22.7 Å². The van der Waals surface area contributed by atoms with Gasteiger partial charge >= 0.3 is 0 Å². The Morgan fingerprint density at radius 3 is 1.36 bits per heavy atom. The van der Waals surface area contributed by atoms with Gasteiger partial charge in [-0.1, -0.05) is 60.7 Å². The van der Waals surface area contributed by atoms with Gasteiger partial charge in [-0.25, -0.2) is 0 Å². The topological polar surface area (TPSA) is 15.7 Å². The predicted octanol–water partition coefficient (Wildman–Crippen LogP) is 8.73. The van der Waals surface area contributed by atoms with Crippen LogP contribution in [0.3, 0.4) is 0 Å². The molecule has 0 N–H and O–H groups in total. The number of ether oxygens (including phenoxy) is 1. The first-order chi connectivity index (χ1) is 16.4. The van der Waals surface area contributed by atoms with Crippen LogP contribution in [0.15, 0.2) is 133 Å². The van der Waals surface area contributed by atoms with E-state index in [1.165, 1.54) is 0 Å². The molecule has 1 heterocycles. The standard InChI is InChI=1S/C30H22N2O/c1-3-11-23(12-4-1)31(24-13-5-2-6-14-24)25-19-21-26(22-20-25)32-27-15-7-9-17-29(27)33-30-18-10-8-16-28(30)32/h1-22H. The quantitative estimate of drug-likeness (QED) is 0.280. The SMILES string of the molecule is c1ccc(N(c2ccccc2)c2ccc(N3c4ccccc4Oc4ccccc43)cc2)cc1. The zero-order chi connectivity index (χ0) is 22.0. The van der Waals surface area contributed by atoms with Crippen molar-refractivity contribution in [2.24, 2.45) is 0 Å². The summed E-state index contributed by atoms with van der Waals surface area (Å²) in [6, 6.07) is 45.9. The van der Waals surface area contributed by atoms with E-state index < -0.39 is 0 Å². The average Bonchev–Trinajstić information content (AvgIpc) is 2.89. The van der Waals surface area contributed by atoms with Crippen LogP contribution < -0.4 is 14.5 Å². The monoisotopic (exact) mass is 426 g/mol. The summed E-state index contributed by atoms with van der Waals surface area (Å²) < 4.78 is 6.16. The molecule has 5 aromatic rings. The fourth-order valence-corrected chi connectivity index (χ4v) is 4.33. The van der Waals surface area contributed by atoms with E-state index in [2.05, 4.69) is 94.7 Å². The maximum absolute atomic E-state index is 6.16. The molecule has 1 aliphatic rings. The molecule has 0 bridgehead atoms. The summed E-state index contributed by atoms with van der Waals surface area (Å²) in [5, 5.41) is 0. The molecule has 1 aliphatic heterocycles. The van der Waals surface area contributed by atoms with Gasteiger partial charge in [-0.3, -0.25) is 0 Å². The first kappa shape index (κ1) is 19.2. The van der Waals surface area contributed by atoms with Crippen molar-refractivity contribution in [1.82, 2.24) is 0 Å². The second-order valence-corrected chi connectivity index (χ2v) is 7.90. The van der Waals surface area contributed by atoms with Crippen LogP contribution in [0, 0.1) is 0 Å². The molecule has 0 fully saturated rings. The van der Waals surface area contributed by atoms with Crippen molar-refractivity contribution in [3.8, 4) is 11.5 Å². The number of rotatable bonds is 4. The lowest BCUT2D eigenvalue weighted by atomic mass is 10.1. The van der Waals surface area contributed by atoms with Gasteiger partial charge < -0.3 is 14.5 Å². The lowest BCUT2D eigenvalue weighted by Gasteiger charge is -2.33. The van der Waals surface area contributed by atoms with Crippen LogP contribution in [0.1, 0.15) is 0 Å². The van der Waals surface area contributed by atoms with Crippen molar-refractivity contribution in [3.05, 3.63) is 133 Å². The Bertz CT molecular complexity index is 1300. The van der Waals surface area contributed by atoms with E-state index in [4.69, 9.17) is 4.74 Å². The second-order valence-electron chi connectivity index (χ2n) is 7.90. The summed E-state index contributed by atoms with van der Waals surface area (Å²) >= 11 is 0. The highest BCUT2D eigenvalue weighted by molar-refractivity contribution is 5.87. The molecule has 0 radical (unpaired) electrons. The molecule has 0 saturated carbocycles. The number of anilines is 6. The third-order valence-electron chi connectivity index (χ3n) is 5.83. The zero-order valence-electron chi connectivity index (χ0n) is 18.0. The predicted molar refractivity (Wildman–Crippen MR) is 136 cm³/mol. The number of hydrogen-bond acceptors (Lipinski definition) is 3. The van der Waals surface area contributed by atoms with Crippen LogP contribution in [0.25, 0.3) is 0 Å². The molecular weight excluding hydrogens is 404 g/mol. The van der Waals surface area contributed by atoms with Gasteiger partial charge in [0.2, 0.25) is 0 Å². The summed E-state index contributed by atoms with van der Waals surface area (Å²) in [6.45, 7) is 0. The maximum Gasteiger partial charge on any atom is 0.151 e. The van der Waals surface area contributed by atoms with Crippen molar-refractivity contribution in [2.45, 2.75) is 0 Å². The Labute approximate surface area is 193 Å². The van der Waals surface area contributed by atoms with Gasteiger partial charge in [-0.15, -0.1) is 0 Å². The number of fused-ring (bicyclic) bond motifs is 2. The molecule has 5 aromatic carbocycles.